The summed E-state index contributed by atoms with van der Waals surface area (Å²) in [5, 5.41) is 11.7. The largest absolute Gasteiger partial charge is 0.391 e. The van der Waals surface area contributed by atoms with Gasteiger partial charge in [0.15, 0.2) is 0 Å². The molecule has 0 spiro atoms. The first kappa shape index (κ1) is 11.4. The number of nitrogens with one attached hydrogen (secondary N) is 1. The molecule has 4 nitrogen and oxygen atoms in total. The van der Waals surface area contributed by atoms with Gasteiger partial charge in [-0.3, -0.25) is 4.79 Å². The first-order valence-electron chi connectivity index (χ1n) is 4.00. The van der Waals surface area contributed by atoms with Crippen molar-refractivity contribution in [2.24, 2.45) is 5.73 Å². The van der Waals surface area contributed by atoms with Crippen molar-refractivity contribution in [3.8, 4) is 0 Å². The highest BCUT2D eigenvalue weighted by Crippen LogP contribution is 2.00. The summed E-state index contributed by atoms with van der Waals surface area (Å²) >= 11 is 0. The summed E-state index contributed by atoms with van der Waals surface area (Å²) < 4.78 is 0. The number of aliphatic hydroxyl groups excluding tert-OH is 1. The van der Waals surface area contributed by atoms with Gasteiger partial charge >= 0.3 is 0 Å². The van der Waals surface area contributed by atoms with Crippen LogP contribution >= 0.6 is 0 Å². The summed E-state index contributed by atoms with van der Waals surface area (Å²) in [5.74, 6) is -0.322. The molecule has 0 heterocycles. The van der Waals surface area contributed by atoms with Crippen LogP contribution in [0.4, 0.5) is 0 Å². The molecule has 72 valence electrons. The summed E-state index contributed by atoms with van der Waals surface area (Å²) in [6, 6.07) is -0.843. The Hall–Kier alpha value is -0.610. The number of aliphatic hydroxyl groups is 1. The lowest BCUT2D eigenvalue weighted by molar-refractivity contribution is -0.125. The predicted molar refractivity (Wildman–Crippen MR) is 47.6 cm³/mol. The number of rotatable bonds is 2. The molecule has 0 saturated carbocycles. The normalized spacial score (nSPS) is 16.8. The quantitative estimate of drug-likeness (QED) is 0.533. The lowest BCUT2D eigenvalue weighted by Crippen LogP contribution is -2.52. The standard InChI is InChI=1S/C8H18N2O2/c1-5(11)6(9)7(12)10-8(2,3)4/h5-6,11H,9H2,1-4H3,(H,10,12)/t5-,6-/m0/s1. The van der Waals surface area contributed by atoms with E-state index in [1.54, 1.807) is 0 Å². The molecule has 0 aromatic heterocycles. The first-order chi connectivity index (χ1) is 5.24. The van der Waals surface area contributed by atoms with Crippen LogP contribution in [0.15, 0.2) is 0 Å². The third-order valence-electron chi connectivity index (χ3n) is 1.32. The van der Waals surface area contributed by atoms with Crippen molar-refractivity contribution in [3.05, 3.63) is 0 Å². The number of hydrogen-bond acceptors (Lipinski definition) is 3. The first-order valence-corrected chi connectivity index (χ1v) is 4.00. The summed E-state index contributed by atoms with van der Waals surface area (Å²) in [6.45, 7) is 7.08. The second-order valence-electron chi connectivity index (χ2n) is 4.01. The molecule has 0 aliphatic heterocycles. The van der Waals surface area contributed by atoms with Crippen molar-refractivity contribution in [2.75, 3.05) is 0 Å². The highest BCUT2D eigenvalue weighted by Gasteiger charge is 2.22. The molecule has 2 atom stereocenters. The molecule has 0 aromatic rings. The third-order valence-corrected chi connectivity index (χ3v) is 1.32. The summed E-state index contributed by atoms with van der Waals surface area (Å²) in [4.78, 5) is 11.2. The molecule has 0 aromatic carbocycles. The van der Waals surface area contributed by atoms with E-state index in [0.717, 1.165) is 0 Å². The van der Waals surface area contributed by atoms with Gasteiger partial charge in [0.2, 0.25) is 5.91 Å². The molecule has 0 fully saturated rings. The molecule has 1 amide bonds. The van der Waals surface area contributed by atoms with E-state index in [9.17, 15) is 4.79 Å². The van der Waals surface area contributed by atoms with E-state index in [1.165, 1.54) is 6.92 Å². The summed E-state index contributed by atoms with van der Waals surface area (Å²) in [5.41, 5.74) is 5.10. The van der Waals surface area contributed by atoms with E-state index in [-0.39, 0.29) is 11.4 Å². The van der Waals surface area contributed by atoms with E-state index in [0.29, 0.717) is 0 Å². The van der Waals surface area contributed by atoms with Gasteiger partial charge in [-0.15, -0.1) is 0 Å². The number of amides is 1. The number of carbonyl (C=O) groups is 1. The van der Waals surface area contributed by atoms with Gasteiger partial charge in [-0.25, -0.2) is 0 Å². The topological polar surface area (TPSA) is 75.3 Å². The molecule has 12 heavy (non-hydrogen) atoms. The highest BCUT2D eigenvalue weighted by molar-refractivity contribution is 5.82. The van der Waals surface area contributed by atoms with Gasteiger partial charge in [-0.1, -0.05) is 0 Å². The van der Waals surface area contributed by atoms with Gasteiger partial charge in [0.1, 0.15) is 6.04 Å². The average Bonchev–Trinajstić information content (AvgIpc) is 1.82. The zero-order chi connectivity index (χ0) is 9.94. The third kappa shape index (κ3) is 4.31. The van der Waals surface area contributed by atoms with Crippen molar-refractivity contribution in [3.63, 3.8) is 0 Å². The fraction of sp³-hybridized carbons (Fsp3) is 0.875. The molecule has 0 unspecified atom stereocenters. The molecule has 0 saturated heterocycles. The lowest BCUT2D eigenvalue weighted by Gasteiger charge is -2.24. The summed E-state index contributed by atoms with van der Waals surface area (Å²) in [6.07, 6.45) is -0.813. The van der Waals surface area contributed by atoms with Crippen LogP contribution in [-0.2, 0) is 4.79 Å². The zero-order valence-electron chi connectivity index (χ0n) is 8.09. The fourth-order valence-electron chi connectivity index (χ4n) is 0.672. The Morgan fingerprint density at radius 2 is 1.92 bits per heavy atom. The van der Waals surface area contributed by atoms with Gasteiger partial charge in [0.05, 0.1) is 6.10 Å². The average molecular weight is 174 g/mol. The molecule has 0 rings (SSSR count). The number of nitrogens with two attached hydrogens (primary N) is 1. The smallest absolute Gasteiger partial charge is 0.239 e. The molecule has 4 N–H and O–H groups in total. The van der Waals surface area contributed by atoms with E-state index in [1.807, 2.05) is 20.8 Å². The Morgan fingerprint density at radius 3 is 2.17 bits per heavy atom. The maximum Gasteiger partial charge on any atom is 0.239 e. The van der Waals surface area contributed by atoms with Crippen LogP contribution < -0.4 is 11.1 Å². The molecule has 0 bridgehead atoms. The predicted octanol–water partition coefficient (Wildman–Crippen LogP) is -0.391. The maximum absolute atomic E-state index is 11.2. The van der Waals surface area contributed by atoms with Gasteiger partial charge < -0.3 is 16.2 Å². The van der Waals surface area contributed by atoms with Crippen molar-refractivity contribution >= 4 is 5.91 Å². The Bertz CT molecular complexity index is 161. The number of hydrogen-bond donors (Lipinski definition) is 3. The SMILES string of the molecule is C[C@H](O)[C@H](N)C(=O)NC(C)(C)C. The van der Waals surface area contributed by atoms with Crippen molar-refractivity contribution in [2.45, 2.75) is 45.4 Å². The van der Waals surface area contributed by atoms with Crippen molar-refractivity contribution in [1.82, 2.24) is 5.32 Å². The van der Waals surface area contributed by atoms with Crippen LogP contribution in [0, 0.1) is 0 Å². The molecular formula is C8H18N2O2. The van der Waals surface area contributed by atoms with Crippen LogP contribution in [0.1, 0.15) is 27.7 Å². The molecule has 0 aliphatic rings. The molecule has 4 heteroatoms. The van der Waals surface area contributed by atoms with Crippen LogP contribution in [0.25, 0.3) is 0 Å². The molecule has 0 aliphatic carbocycles. The van der Waals surface area contributed by atoms with E-state index in [2.05, 4.69) is 5.32 Å². The fourth-order valence-corrected chi connectivity index (χ4v) is 0.672. The molecule has 0 radical (unpaired) electrons. The van der Waals surface area contributed by atoms with Gasteiger partial charge in [0, 0.05) is 5.54 Å². The van der Waals surface area contributed by atoms with Crippen LogP contribution in [-0.4, -0.2) is 28.7 Å². The molecular weight excluding hydrogens is 156 g/mol. The van der Waals surface area contributed by atoms with E-state index in [4.69, 9.17) is 10.8 Å². The van der Waals surface area contributed by atoms with Gasteiger partial charge in [-0.2, -0.15) is 0 Å². The van der Waals surface area contributed by atoms with Gasteiger partial charge in [0.25, 0.3) is 0 Å². The summed E-state index contributed by atoms with van der Waals surface area (Å²) in [7, 11) is 0. The van der Waals surface area contributed by atoms with E-state index < -0.39 is 12.1 Å². The van der Waals surface area contributed by atoms with Gasteiger partial charge in [-0.05, 0) is 27.7 Å². The second kappa shape index (κ2) is 3.87. The van der Waals surface area contributed by atoms with Crippen LogP contribution in [0.5, 0.6) is 0 Å². The Balaban J connectivity index is 4.05. The Labute approximate surface area is 73.1 Å². The van der Waals surface area contributed by atoms with Crippen LogP contribution in [0.2, 0.25) is 0 Å². The monoisotopic (exact) mass is 174 g/mol. The Morgan fingerprint density at radius 1 is 1.50 bits per heavy atom. The van der Waals surface area contributed by atoms with Crippen molar-refractivity contribution < 1.29 is 9.90 Å². The zero-order valence-corrected chi connectivity index (χ0v) is 8.09. The van der Waals surface area contributed by atoms with E-state index >= 15 is 0 Å². The minimum atomic E-state index is -0.843. The number of carbonyl (C=O) groups excluding carboxylic acids is 1. The minimum Gasteiger partial charge on any atom is -0.391 e. The van der Waals surface area contributed by atoms with Crippen molar-refractivity contribution in [1.29, 1.82) is 0 Å². The highest BCUT2D eigenvalue weighted by atomic mass is 16.3. The van der Waals surface area contributed by atoms with Crippen LogP contribution in [0.3, 0.4) is 0 Å². The second-order valence-corrected chi connectivity index (χ2v) is 4.01. The lowest BCUT2D eigenvalue weighted by atomic mass is 10.1. The Kier molecular flexibility index (Phi) is 3.67. The maximum atomic E-state index is 11.2. The minimum absolute atomic E-state index is 0.302.